The first kappa shape index (κ1) is 12.1. The molecule has 1 aromatic rings. The zero-order valence-corrected chi connectivity index (χ0v) is 10.2. The molecule has 3 heteroatoms. The van der Waals surface area contributed by atoms with Crippen LogP contribution < -0.4 is 0 Å². The molecule has 1 atom stereocenters. The van der Waals surface area contributed by atoms with Gasteiger partial charge in [-0.15, -0.1) is 0 Å². The molecule has 1 aliphatic rings. The summed E-state index contributed by atoms with van der Waals surface area (Å²) in [6, 6.07) is 10.1. The van der Waals surface area contributed by atoms with Gasteiger partial charge in [0, 0.05) is 20.2 Å². The van der Waals surface area contributed by atoms with Crippen molar-refractivity contribution in [3.8, 4) is 6.07 Å². The van der Waals surface area contributed by atoms with E-state index in [2.05, 4.69) is 23.1 Å². The van der Waals surface area contributed by atoms with E-state index in [0.717, 1.165) is 31.8 Å². The molecule has 1 heterocycles. The van der Waals surface area contributed by atoms with Crippen LogP contribution >= 0.6 is 0 Å². The highest BCUT2D eigenvalue weighted by atomic mass is 16.5. The van der Waals surface area contributed by atoms with Gasteiger partial charge in [-0.25, -0.2) is 0 Å². The number of methoxy groups -OCH3 is 1. The fourth-order valence-electron chi connectivity index (χ4n) is 2.36. The average Bonchev–Trinajstić information content (AvgIpc) is 2.85. The molecule has 0 spiro atoms. The molecule has 0 aliphatic carbocycles. The van der Waals surface area contributed by atoms with Gasteiger partial charge in [-0.1, -0.05) is 12.1 Å². The Morgan fingerprint density at radius 1 is 1.41 bits per heavy atom. The Labute approximate surface area is 103 Å². The smallest absolute Gasteiger partial charge is 0.0991 e. The summed E-state index contributed by atoms with van der Waals surface area (Å²) in [6.45, 7) is 4.08. The van der Waals surface area contributed by atoms with Crippen LogP contribution in [0.15, 0.2) is 24.3 Å². The number of hydrogen-bond donors (Lipinski definition) is 0. The monoisotopic (exact) mass is 230 g/mol. The van der Waals surface area contributed by atoms with E-state index in [1.807, 2.05) is 12.1 Å². The van der Waals surface area contributed by atoms with Gasteiger partial charge in [0.15, 0.2) is 0 Å². The minimum absolute atomic E-state index is 0.611. The van der Waals surface area contributed by atoms with E-state index in [9.17, 15) is 0 Å². The molecule has 0 amide bonds. The third-order valence-corrected chi connectivity index (χ3v) is 3.40. The standard InChI is InChI=1S/C14H18N2O/c1-17-9-8-16-7-6-14(11-16)13-4-2-12(10-15)3-5-13/h2-5,14H,6-9,11H2,1H3. The van der Waals surface area contributed by atoms with Gasteiger partial charge < -0.3 is 9.64 Å². The van der Waals surface area contributed by atoms with Crippen molar-refractivity contribution in [2.75, 3.05) is 33.4 Å². The first-order valence-corrected chi connectivity index (χ1v) is 6.05. The lowest BCUT2D eigenvalue weighted by Gasteiger charge is -2.15. The summed E-state index contributed by atoms with van der Waals surface area (Å²) in [5, 5.41) is 8.76. The van der Waals surface area contributed by atoms with E-state index in [4.69, 9.17) is 10.00 Å². The molecular formula is C14H18N2O. The minimum atomic E-state index is 0.611. The van der Waals surface area contributed by atoms with Crippen LogP contribution in [0.25, 0.3) is 0 Å². The summed E-state index contributed by atoms with van der Waals surface area (Å²) in [7, 11) is 1.74. The lowest BCUT2D eigenvalue weighted by Crippen LogP contribution is -2.24. The largest absolute Gasteiger partial charge is 0.383 e. The number of nitrogens with zero attached hydrogens (tertiary/aromatic N) is 2. The molecule has 17 heavy (non-hydrogen) atoms. The highest BCUT2D eigenvalue weighted by molar-refractivity contribution is 5.33. The molecule has 0 bridgehead atoms. The highest BCUT2D eigenvalue weighted by Gasteiger charge is 2.23. The Bertz CT molecular complexity index is 394. The zero-order chi connectivity index (χ0) is 12.1. The van der Waals surface area contributed by atoms with E-state index in [1.54, 1.807) is 7.11 Å². The summed E-state index contributed by atoms with van der Waals surface area (Å²) in [4.78, 5) is 2.44. The van der Waals surface area contributed by atoms with Crippen molar-refractivity contribution in [2.45, 2.75) is 12.3 Å². The highest BCUT2D eigenvalue weighted by Crippen LogP contribution is 2.26. The second-order valence-corrected chi connectivity index (χ2v) is 4.51. The normalized spacial score (nSPS) is 20.4. The molecule has 1 fully saturated rings. The van der Waals surface area contributed by atoms with Crippen molar-refractivity contribution in [2.24, 2.45) is 0 Å². The maximum Gasteiger partial charge on any atom is 0.0991 e. The lowest BCUT2D eigenvalue weighted by atomic mass is 9.97. The second kappa shape index (κ2) is 5.81. The molecule has 0 N–H and O–H groups in total. The SMILES string of the molecule is COCCN1CCC(c2ccc(C#N)cc2)C1. The molecule has 0 radical (unpaired) electrons. The van der Waals surface area contributed by atoms with Crippen LogP contribution in [-0.4, -0.2) is 38.3 Å². The number of benzene rings is 1. The predicted octanol–water partition coefficient (Wildman–Crippen LogP) is 1.99. The van der Waals surface area contributed by atoms with Gasteiger partial charge in [0.1, 0.15) is 0 Å². The second-order valence-electron chi connectivity index (χ2n) is 4.51. The Morgan fingerprint density at radius 3 is 2.82 bits per heavy atom. The fourth-order valence-corrected chi connectivity index (χ4v) is 2.36. The predicted molar refractivity (Wildman–Crippen MR) is 66.8 cm³/mol. The van der Waals surface area contributed by atoms with E-state index >= 15 is 0 Å². The molecule has 2 rings (SSSR count). The van der Waals surface area contributed by atoms with Gasteiger partial charge in [-0.3, -0.25) is 0 Å². The summed E-state index contributed by atoms with van der Waals surface area (Å²) in [6.07, 6.45) is 1.20. The number of nitriles is 1. The van der Waals surface area contributed by atoms with Crippen molar-refractivity contribution in [1.29, 1.82) is 5.26 Å². The molecule has 0 aromatic heterocycles. The third-order valence-electron chi connectivity index (χ3n) is 3.40. The molecule has 1 saturated heterocycles. The van der Waals surface area contributed by atoms with Crippen LogP contribution in [0.5, 0.6) is 0 Å². The summed E-state index contributed by atoms with van der Waals surface area (Å²) in [5.41, 5.74) is 2.09. The van der Waals surface area contributed by atoms with E-state index in [0.29, 0.717) is 5.92 Å². The van der Waals surface area contributed by atoms with Crippen molar-refractivity contribution in [3.63, 3.8) is 0 Å². The van der Waals surface area contributed by atoms with Gasteiger partial charge in [0.25, 0.3) is 0 Å². The zero-order valence-electron chi connectivity index (χ0n) is 10.2. The van der Waals surface area contributed by atoms with Crippen molar-refractivity contribution >= 4 is 0 Å². The molecule has 0 saturated carbocycles. The third kappa shape index (κ3) is 3.06. The van der Waals surface area contributed by atoms with Crippen molar-refractivity contribution in [1.82, 2.24) is 4.90 Å². The summed E-state index contributed by atoms with van der Waals surface area (Å²) < 4.78 is 5.10. The summed E-state index contributed by atoms with van der Waals surface area (Å²) in [5.74, 6) is 0.611. The first-order valence-electron chi connectivity index (χ1n) is 6.05. The maximum absolute atomic E-state index is 8.76. The molecule has 1 aliphatic heterocycles. The number of ether oxygens (including phenoxy) is 1. The summed E-state index contributed by atoms with van der Waals surface area (Å²) >= 11 is 0. The van der Waals surface area contributed by atoms with Crippen LogP contribution in [0.1, 0.15) is 23.5 Å². The molecule has 90 valence electrons. The maximum atomic E-state index is 8.76. The van der Waals surface area contributed by atoms with Crippen LogP contribution in [-0.2, 0) is 4.74 Å². The van der Waals surface area contributed by atoms with Crippen LogP contribution in [0.3, 0.4) is 0 Å². The van der Waals surface area contributed by atoms with Gasteiger partial charge in [0.05, 0.1) is 18.2 Å². The van der Waals surface area contributed by atoms with Gasteiger partial charge in [-0.05, 0) is 36.6 Å². The lowest BCUT2D eigenvalue weighted by molar-refractivity contribution is 0.160. The molecular weight excluding hydrogens is 212 g/mol. The number of rotatable bonds is 4. The van der Waals surface area contributed by atoms with E-state index in [1.165, 1.54) is 12.0 Å². The first-order chi connectivity index (χ1) is 8.33. The van der Waals surface area contributed by atoms with Crippen LogP contribution in [0, 0.1) is 11.3 Å². The fraction of sp³-hybridized carbons (Fsp3) is 0.500. The van der Waals surface area contributed by atoms with Gasteiger partial charge >= 0.3 is 0 Å². The average molecular weight is 230 g/mol. The van der Waals surface area contributed by atoms with Crippen LogP contribution in [0.2, 0.25) is 0 Å². The van der Waals surface area contributed by atoms with Gasteiger partial charge in [0.2, 0.25) is 0 Å². The quantitative estimate of drug-likeness (QED) is 0.793. The molecule has 3 nitrogen and oxygen atoms in total. The molecule has 1 aromatic carbocycles. The van der Waals surface area contributed by atoms with E-state index < -0.39 is 0 Å². The Balaban J connectivity index is 1.93. The molecule has 1 unspecified atom stereocenters. The number of likely N-dealkylation sites (tertiary alicyclic amines) is 1. The topological polar surface area (TPSA) is 36.3 Å². The number of hydrogen-bond acceptors (Lipinski definition) is 3. The van der Waals surface area contributed by atoms with Gasteiger partial charge in [-0.2, -0.15) is 5.26 Å². The Hall–Kier alpha value is -1.37. The van der Waals surface area contributed by atoms with Crippen molar-refractivity contribution in [3.05, 3.63) is 35.4 Å². The minimum Gasteiger partial charge on any atom is -0.383 e. The Kier molecular flexibility index (Phi) is 4.13. The van der Waals surface area contributed by atoms with Crippen LogP contribution in [0.4, 0.5) is 0 Å². The Morgan fingerprint density at radius 2 is 2.18 bits per heavy atom. The van der Waals surface area contributed by atoms with Crippen molar-refractivity contribution < 1.29 is 4.74 Å². The van der Waals surface area contributed by atoms with E-state index in [-0.39, 0.29) is 0 Å².